The molecular formula is C19H18Cl2N4O3S2. The van der Waals surface area contributed by atoms with Crippen LogP contribution in [0.15, 0.2) is 42.5 Å². The fourth-order valence-electron chi connectivity index (χ4n) is 2.79. The van der Waals surface area contributed by atoms with Crippen molar-refractivity contribution >= 4 is 61.3 Å². The maximum Gasteiger partial charge on any atom is 0.249 e. The highest BCUT2D eigenvalue weighted by Gasteiger charge is 2.31. The molecule has 0 aliphatic heterocycles. The fraction of sp³-hybridized carbons (Fsp3) is 0.211. The van der Waals surface area contributed by atoms with Crippen molar-refractivity contribution in [3.63, 3.8) is 0 Å². The van der Waals surface area contributed by atoms with Crippen LogP contribution in [0.5, 0.6) is 0 Å². The molecule has 158 valence electrons. The van der Waals surface area contributed by atoms with Gasteiger partial charge < -0.3 is 0 Å². The van der Waals surface area contributed by atoms with Crippen LogP contribution < -0.4 is 9.62 Å². The summed E-state index contributed by atoms with van der Waals surface area (Å²) < 4.78 is 26.0. The summed E-state index contributed by atoms with van der Waals surface area (Å²) in [6.07, 6.45) is 1.04. The molecule has 11 heteroatoms. The van der Waals surface area contributed by atoms with Crippen LogP contribution in [0.1, 0.15) is 12.5 Å². The minimum atomic E-state index is -3.77. The van der Waals surface area contributed by atoms with Crippen molar-refractivity contribution in [3.05, 3.63) is 58.1 Å². The molecule has 0 bridgehead atoms. The monoisotopic (exact) mass is 484 g/mol. The molecular weight excluding hydrogens is 467 g/mol. The van der Waals surface area contributed by atoms with E-state index in [4.69, 9.17) is 23.2 Å². The van der Waals surface area contributed by atoms with E-state index < -0.39 is 22.0 Å². The van der Waals surface area contributed by atoms with E-state index in [0.717, 1.165) is 16.1 Å². The van der Waals surface area contributed by atoms with Crippen molar-refractivity contribution in [2.75, 3.05) is 15.9 Å². The second-order valence-electron chi connectivity index (χ2n) is 6.57. The average Bonchev–Trinajstić information content (AvgIpc) is 3.12. The third-order valence-corrected chi connectivity index (χ3v) is 6.85. The van der Waals surface area contributed by atoms with E-state index in [2.05, 4.69) is 15.5 Å². The third-order valence-electron chi connectivity index (χ3n) is 4.24. The van der Waals surface area contributed by atoms with Crippen LogP contribution in [0, 0.1) is 6.92 Å². The van der Waals surface area contributed by atoms with Gasteiger partial charge in [0.1, 0.15) is 11.0 Å². The van der Waals surface area contributed by atoms with Crippen LogP contribution in [0.4, 0.5) is 10.8 Å². The normalized spacial score (nSPS) is 12.4. The summed E-state index contributed by atoms with van der Waals surface area (Å²) >= 11 is 13.1. The second kappa shape index (κ2) is 8.89. The number of hydrogen-bond acceptors (Lipinski definition) is 6. The summed E-state index contributed by atoms with van der Waals surface area (Å²) in [7, 11) is -3.77. The molecule has 1 N–H and O–H groups in total. The van der Waals surface area contributed by atoms with E-state index >= 15 is 0 Å². The van der Waals surface area contributed by atoms with E-state index in [1.165, 1.54) is 24.3 Å². The standard InChI is InChI=1S/C19H18Cl2N4O3S2/c1-11-4-7-15(21)10-16(11)25(30(3,27)28)12(2)17(26)22-19-24-23-18(29-19)13-5-8-14(20)9-6-13/h4-10,12H,1-3H3,(H,22,24,26)/t12-/m0/s1. The molecule has 0 aliphatic rings. The highest BCUT2D eigenvalue weighted by Crippen LogP contribution is 2.30. The largest absolute Gasteiger partial charge is 0.299 e. The van der Waals surface area contributed by atoms with Gasteiger partial charge in [0.2, 0.25) is 21.1 Å². The van der Waals surface area contributed by atoms with Crippen molar-refractivity contribution in [3.8, 4) is 10.6 Å². The first-order valence-corrected chi connectivity index (χ1v) is 12.1. The molecule has 1 heterocycles. The number of nitrogens with zero attached hydrogens (tertiary/aromatic N) is 3. The maximum atomic E-state index is 12.8. The Kier molecular flexibility index (Phi) is 6.66. The van der Waals surface area contributed by atoms with Crippen LogP contribution in [-0.2, 0) is 14.8 Å². The topological polar surface area (TPSA) is 92.3 Å². The number of aryl methyl sites for hydroxylation is 1. The van der Waals surface area contributed by atoms with Crippen LogP contribution in [0.3, 0.4) is 0 Å². The van der Waals surface area contributed by atoms with Gasteiger partial charge in [-0.3, -0.25) is 14.4 Å². The molecule has 1 amide bonds. The van der Waals surface area contributed by atoms with E-state index in [0.29, 0.717) is 26.3 Å². The number of anilines is 2. The number of amides is 1. The van der Waals surface area contributed by atoms with E-state index in [-0.39, 0.29) is 5.13 Å². The molecule has 0 saturated carbocycles. The van der Waals surface area contributed by atoms with Gasteiger partial charge in [0.05, 0.1) is 11.9 Å². The molecule has 3 rings (SSSR count). The van der Waals surface area contributed by atoms with Crippen LogP contribution in [-0.4, -0.2) is 36.8 Å². The number of sulfonamides is 1. The first-order chi connectivity index (χ1) is 14.1. The number of rotatable bonds is 6. The van der Waals surface area contributed by atoms with Crippen LogP contribution >= 0.6 is 34.5 Å². The zero-order chi connectivity index (χ0) is 22.1. The molecule has 0 radical (unpaired) electrons. The van der Waals surface area contributed by atoms with Crippen LogP contribution in [0.25, 0.3) is 10.6 Å². The summed E-state index contributed by atoms with van der Waals surface area (Å²) in [5.74, 6) is -0.543. The summed E-state index contributed by atoms with van der Waals surface area (Å²) in [4.78, 5) is 12.8. The first-order valence-electron chi connectivity index (χ1n) is 8.72. The van der Waals surface area contributed by atoms with Gasteiger partial charge in [0.15, 0.2) is 0 Å². The number of carbonyl (C=O) groups is 1. The number of benzene rings is 2. The predicted octanol–water partition coefficient (Wildman–Crippen LogP) is 4.61. The Morgan fingerprint density at radius 2 is 1.73 bits per heavy atom. The van der Waals surface area contributed by atoms with Gasteiger partial charge in [-0.15, -0.1) is 10.2 Å². The number of halogens is 2. The number of aromatic nitrogens is 2. The molecule has 0 spiro atoms. The molecule has 0 saturated heterocycles. The summed E-state index contributed by atoms with van der Waals surface area (Å²) in [6.45, 7) is 3.25. The molecule has 0 fully saturated rings. The molecule has 0 unspecified atom stereocenters. The van der Waals surface area contributed by atoms with Crippen molar-refractivity contribution < 1.29 is 13.2 Å². The quantitative estimate of drug-likeness (QED) is 0.551. The molecule has 3 aromatic rings. The molecule has 1 atom stereocenters. The number of carbonyl (C=O) groups excluding carboxylic acids is 1. The van der Waals surface area contributed by atoms with Crippen LogP contribution in [0.2, 0.25) is 10.0 Å². The molecule has 30 heavy (non-hydrogen) atoms. The molecule has 1 aromatic heterocycles. The zero-order valence-corrected chi connectivity index (χ0v) is 19.4. The minimum absolute atomic E-state index is 0.257. The Bertz CT molecular complexity index is 1180. The number of hydrogen-bond donors (Lipinski definition) is 1. The average molecular weight is 485 g/mol. The minimum Gasteiger partial charge on any atom is -0.299 e. The van der Waals surface area contributed by atoms with Gasteiger partial charge >= 0.3 is 0 Å². The smallest absolute Gasteiger partial charge is 0.249 e. The lowest BCUT2D eigenvalue weighted by Crippen LogP contribution is -2.45. The Morgan fingerprint density at radius 3 is 2.37 bits per heavy atom. The summed E-state index contributed by atoms with van der Waals surface area (Å²) in [5, 5.41) is 12.5. The maximum absolute atomic E-state index is 12.8. The van der Waals surface area contributed by atoms with Gasteiger partial charge in [-0.25, -0.2) is 8.42 Å². The lowest BCUT2D eigenvalue weighted by atomic mass is 10.2. The zero-order valence-electron chi connectivity index (χ0n) is 16.3. The highest BCUT2D eigenvalue weighted by atomic mass is 35.5. The molecule has 2 aromatic carbocycles. The van der Waals surface area contributed by atoms with Gasteiger partial charge in [-0.1, -0.05) is 52.7 Å². The fourth-order valence-corrected chi connectivity index (χ4v) is 5.06. The van der Waals surface area contributed by atoms with Gasteiger partial charge in [0.25, 0.3) is 0 Å². The van der Waals surface area contributed by atoms with Gasteiger partial charge in [-0.2, -0.15) is 0 Å². The second-order valence-corrected chi connectivity index (χ2v) is 10.3. The molecule has 0 aliphatic carbocycles. The predicted molar refractivity (Wildman–Crippen MR) is 122 cm³/mol. The lowest BCUT2D eigenvalue weighted by Gasteiger charge is -2.29. The van der Waals surface area contributed by atoms with E-state index in [9.17, 15) is 13.2 Å². The SMILES string of the molecule is Cc1ccc(Cl)cc1N([C@@H](C)C(=O)Nc1nnc(-c2ccc(Cl)cc2)s1)S(C)(=O)=O. The third kappa shape index (κ3) is 5.10. The Balaban J connectivity index is 1.84. The Morgan fingerprint density at radius 1 is 1.10 bits per heavy atom. The van der Waals surface area contributed by atoms with E-state index in [1.807, 2.05) is 0 Å². The van der Waals surface area contributed by atoms with Gasteiger partial charge in [0, 0.05) is 15.6 Å². The van der Waals surface area contributed by atoms with Gasteiger partial charge in [-0.05, 0) is 43.7 Å². The highest BCUT2D eigenvalue weighted by molar-refractivity contribution is 7.92. The summed E-state index contributed by atoms with van der Waals surface area (Å²) in [6, 6.07) is 10.9. The van der Waals surface area contributed by atoms with Crippen molar-refractivity contribution in [2.45, 2.75) is 19.9 Å². The summed E-state index contributed by atoms with van der Waals surface area (Å²) in [5.41, 5.74) is 1.81. The number of nitrogens with one attached hydrogen (secondary N) is 1. The first kappa shape index (κ1) is 22.5. The van der Waals surface area contributed by atoms with E-state index in [1.54, 1.807) is 43.3 Å². The molecule has 7 nitrogen and oxygen atoms in total. The van der Waals surface area contributed by atoms with Crippen molar-refractivity contribution in [1.82, 2.24) is 10.2 Å². The Hall–Kier alpha value is -2.20. The lowest BCUT2D eigenvalue weighted by molar-refractivity contribution is -0.116. The van der Waals surface area contributed by atoms with Crippen molar-refractivity contribution in [2.24, 2.45) is 0 Å². The Labute approximate surface area is 188 Å². The van der Waals surface area contributed by atoms with Crippen molar-refractivity contribution in [1.29, 1.82) is 0 Å².